The van der Waals surface area contributed by atoms with Crippen LogP contribution < -0.4 is 5.32 Å². The smallest absolute Gasteiger partial charge is 0.129 e. The van der Waals surface area contributed by atoms with Gasteiger partial charge < -0.3 is 5.32 Å². The molecule has 0 amide bonds. The summed E-state index contributed by atoms with van der Waals surface area (Å²) in [5.41, 5.74) is 1.18. The molecule has 1 N–H and O–H groups in total. The summed E-state index contributed by atoms with van der Waals surface area (Å²) in [7, 11) is 0. The molecule has 1 heterocycles. The molecular weight excluding hydrogens is 228 g/mol. The summed E-state index contributed by atoms with van der Waals surface area (Å²) in [6, 6.07) is 4.41. The monoisotopic (exact) mass is 244 g/mol. The highest BCUT2D eigenvalue weighted by Gasteiger charge is 2.04. The molecule has 15 heavy (non-hydrogen) atoms. The Morgan fingerprint density at radius 2 is 2.33 bits per heavy atom. The summed E-state index contributed by atoms with van der Waals surface area (Å²) in [6.07, 6.45) is 5.11. The van der Waals surface area contributed by atoms with E-state index in [0.717, 1.165) is 18.7 Å². The lowest BCUT2D eigenvalue weighted by Gasteiger charge is -2.15. The van der Waals surface area contributed by atoms with Crippen LogP contribution in [0.5, 0.6) is 0 Å². The van der Waals surface area contributed by atoms with Crippen LogP contribution in [0.4, 0.5) is 0 Å². The van der Waals surface area contributed by atoms with E-state index in [1.54, 1.807) is 0 Å². The molecule has 0 spiro atoms. The number of thioether (sulfide) groups is 1. The van der Waals surface area contributed by atoms with Gasteiger partial charge in [0, 0.05) is 24.5 Å². The van der Waals surface area contributed by atoms with Crippen LogP contribution in [0.3, 0.4) is 0 Å². The Hall–Kier alpha value is -0.250. The molecule has 0 saturated heterocycles. The molecule has 4 heteroatoms. The lowest BCUT2D eigenvalue weighted by atomic mass is 10.2. The molecular formula is C11H17ClN2S. The van der Waals surface area contributed by atoms with E-state index in [0.29, 0.717) is 11.2 Å². The summed E-state index contributed by atoms with van der Waals surface area (Å²) in [5, 5.41) is 4.05. The van der Waals surface area contributed by atoms with Crippen LogP contribution in [-0.2, 0) is 6.54 Å². The summed E-state index contributed by atoms with van der Waals surface area (Å²) in [6.45, 7) is 3.07. The van der Waals surface area contributed by atoms with Crippen molar-refractivity contribution in [2.45, 2.75) is 25.9 Å². The van der Waals surface area contributed by atoms with E-state index in [2.05, 4.69) is 23.5 Å². The first-order valence-electron chi connectivity index (χ1n) is 5.09. The van der Waals surface area contributed by atoms with E-state index in [1.165, 1.54) is 5.56 Å². The van der Waals surface area contributed by atoms with Crippen molar-refractivity contribution in [2.75, 3.05) is 12.0 Å². The zero-order valence-corrected chi connectivity index (χ0v) is 10.7. The lowest BCUT2D eigenvalue weighted by Crippen LogP contribution is -2.30. The van der Waals surface area contributed by atoms with E-state index in [1.807, 2.05) is 30.1 Å². The molecule has 1 aromatic rings. The van der Waals surface area contributed by atoms with Gasteiger partial charge in [0.05, 0.1) is 0 Å². The van der Waals surface area contributed by atoms with Gasteiger partial charge in [0.1, 0.15) is 5.15 Å². The number of pyridine rings is 1. The minimum absolute atomic E-state index is 0.551. The fourth-order valence-electron chi connectivity index (χ4n) is 1.30. The van der Waals surface area contributed by atoms with Gasteiger partial charge in [-0.2, -0.15) is 11.8 Å². The van der Waals surface area contributed by atoms with Gasteiger partial charge >= 0.3 is 0 Å². The largest absolute Gasteiger partial charge is 0.309 e. The standard InChI is InChI=1S/C11H17ClN2S/c1-3-10(8-15-2)13-6-9-4-5-11(12)14-7-9/h4-5,7,10,13H,3,6,8H2,1-2H3. The first-order chi connectivity index (χ1) is 7.26. The van der Waals surface area contributed by atoms with Gasteiger partial charge in [-0.05, 0) is 24.3 Å². The van der Waals surface area contributed by atoms with E-state index in [-0.39, 0.29) is 0 Å². The topological polar surface area (TPSA) is 24.9 Å². The van der Waals surface area contributed by atoms with Crippen molar-refractivity contribution in [3.8, 4) is 0 Å². The van der Waals surface area contributed by atoms with E-state index in [9.17, 15) is 0 Å². The minimum atomic E-state index is 0.551. The van der Waals surface area contributed by atoms with Crippen molar-refractivity contribution in [3.63, 3.8) is 0 Å². The number of rotatable bonds is 6. The Kier molecular flexibility index (Phi) is 6.06. The van der Waals surface area contributed by atoms with Gasteiger partial charge in [-0.3, -0.25) is 0 Å². The summed E-state index contributed by atoms with van der Waals surface area (Å²) in [5.74, 6) is 1.15. The fraction of sp³-hybridized carbons (Fsp3) is 0.545. The summed E-state index contributed by atoms with van der Waals surface area (Å²) >= 11 is 7.59. The van der Waals surface area contributed by atoms with Crippen LogP contribution >= 0.6 is 23.4 Å². The van der Waals surface area contributed by atoms with Gasteiger partial charge in [-0.25, -0.2) is 4.98 Å². The third-order valence-electron chi connectivity index (χ3n) is 2.24. The van der Waals surface area contributed by atoms with Crippen molar-refractivity contribution in [1.82, 2.24) is 10.3 Å². The third kappa shape index (κ3) is 4.87. The molecule has 1 aromatic heterocycles. The van der Waals surface area contributed by atoms with E-state index in [4.69, 9.17) is 11.6 Å². The fourth-order valence-corrected chi connectivity index (χ4v) is 2.16. The van der Waals surface area contributed by atoms with E-state index >= 15 is 0 Å². The predicted molar refractivity (Wildman–Crippen MR) is 68.5 cm³/mol. The second-order valence-corrected chi connectivity index (χ2v) is 4.73. The Labute approximate surface area is 101 Å². The highest BCUT2D eigenvalue weighted by atomic mass is 35.5. The first kappa shape index (κ1) is 12.8. The summed E-state index contributed by atoms with van der Waals surface area (Å²) in [4.78, 5) is 4.05. The van der Waals surface area contributed by atoms with Crippen molar-refractivity contribution < 1.29 is 0 Å². The van der Waals surface area contributed by atoms with Crippen LogP contribution in [0.1, 0.15) is 18.9 Å². The van der Waals surface area contributed by atoms with Gasteiger partial charge in [-0.15, -0.1) is 0 Å². The molecule has 0 aromatic carbocycles. The van der Waals surface area contributed by atoms with Gasteiger partial charge in [-0.1, -0.05) is 24.6 Å². The molecule has 1 unspecified atom stereocenters. The third-order valence-corrected chi connectivity index (χ3v) is 3.20. The van der Waals surface area contributed by atoms with Crippen LogP contribution in [0.2, 0.25) is 5.15 Å². The van der Waals surface area contributed by atoms with E-state index < -0.39 is 0 Å². The zero-order valence-electron chi connectivity index (χ0n) is 9.16. The van der Waals surface area contributed by atoms with Crippen LogP contribution in [-0.4, -0.2) is 23.0 Å². The Morgan fingerprint density at radius 1 is 1.53 bits per heavy atom. The molecule has 2 nitrogen and oxygen atoms in total. The maximum Gasteiger partial charge on any atom is 0.129 e. The second kappa shape index (κ2) is 7.09. The summed E-state index contributed by atoms with van der Waals surface area (Å²) < 4.78 is 0. The van der Waals surface area contributed by atoms with Crippen LogP contribution in [0.25, 0.3) is 0 Å². The Balaban J connectivity index is 2.38. The molecule has 84 valence electrons. The molecule has 1 atom stereocenters. The number of hydrogen-bond acceptors (Lipinski definition) is 3. The molecule has 0 radical (unpaired) electrons. The average Bonchev–Trinajstić information content (AvgIpc) is 2.26. The molecule has 0 aliphatic carbocycles. The highest BCUT2D eigenvalue weighted by Crippen LogP contribution is 2.06. The van der Waals surface area contributed by atoms with Crippen molar-refractivity contribution >= 4 is 23.4 Å². The molecule has 0 bridgehead atoms. The molecule has 0 saturated carbocycles. The van der Waals surface area contributed by atoms with Crippen LogP contribution in [0, 0.1) is 0 Å². The molecule has 0 aliphatic heterocycles. The maximum absolute atomic E-state index is 5.72. The lowest BCUT2D eigenvalue weighted by molar-refractivity contribution is 0.541. The molecule has 0 fully saturated rings. The predicted octanol–water partition coefficient (Wildman–Crippen LogP) is 2.97. The highest BCUT2D eigenvalue weighted by molar-refractivity contribution is 7.98. The van der Waals surface area contributed by atoms with Crippen molar-refractivity contribution in [3.05, 3.63) is 29.0 Å². The normalized spacial score (nSPS) is 12.7. The zero-order chi connectivity index (χ0) is 11.1. The van der Waals surface area contributed by atoms with Gasteiger partial charge in [0.2, 0.25) is 0 Å². The van der Waals surface area contributed by atoms with Crippen molar-refractivity contribution in [2.24, 2.45) is 0 Å². The van der Waals surface area contributed by atoms with Gasteiger partial charge in [0.25, 0.3) is 0 Å². The second-order valence-electron chi connectivity index (χ2n) is 3.43. The first-order valence-corrected chi connectivity index (χ1v) is 6.86. The quantitative estimate of drug-likeness (QED) is 0.779. The maximum atomic E-state index is 5.72. The van der Waals surface area contributed by atoms with Gasteiger partial charge in [0.15, 0.2) is 0 Å². The van der Waals surface area contributed by atoms with Crippen LogP contribution in [0.15, 0.2) is 18.3 Å². The van der Waals surface area contributed by atoms with Crippen molar-refractivity contribution in [1.29, 1.82) is 0 Å². The number of aromatic nitrogens is 1. The number of halogens is 1. The SMILES string of the molecule is CCC(CSC)NCc1ccc(Cl)nc1. The average molecular weight is 245 g/mol. The molecule has 0 aliphatic rings. The number of nitrogens with zero attached hydrogens (tertiary/aromatic N) is 1. The Bertz CT molecular complexity index is 276. The number of hydrogen-bond donors (Lipinski definition) is 1. The number of nitrogens with one attached hydrogen (secondary N) is 1. The minimum Gasteiger partial charge on any atom is -0.309 e. The molecule has 1 rings (SSSR count). The Morgan fingerprint density at radius 3 is 2.87 bits per heavy atom.